The van der Waals surface area contributed by atoms with E-state index in [1.165, 1.54) is 11.0 Å². The first-order valence-corrected chi connectivity index (χ1v) is 11.4. The quantitative estimate of drug-likeness (QED) is 0.494. The molecule has 170 valence electrons. The molecule has 31 heavy (non-hydrogen) atoms. The summed E-state index contributed by atoms with van der Waals surface area (Å²) in [4.78, 5) is 26.1. The predicted molar refractivity (Wildman–Crippen MR) is 118 cm³/mol. The largest absolute Gasteiger partial charge is 0.493 e. The number of carboxylic acids is 1. The summed E-state index contributed by atoms with van der Waals surface area (Å²) in [5, 5.41) is 9.49. The molecule has 2 aliphatic rings. The summed E-state index contributed by atoms with van der Waals surface area (Å²) < 4.78 is 21.3. The van der Waals surface area contributed by atoms with Crippen LogP contribution in [0.25, 0.3) is 0 Å². The van der Waals surface area contributed by atoms with Crippen LogP contribution in [0, 0.1) is 11.2 Å². The van der Waals surface area contributed by atoms with Crippen molar-refractivity contribution in [2.24, 2.45) is 5.41 Å². The summed E-state index contributed by atoms with van der Waals surface area (Å²) >= 11 is 0. The second kappa shape index (κ2) is 9.41. The van der Waals surface area contributed by atoms with E-state index < -0.39 is 23.7 Å². The Morgan fingerprint density at radius 1 is 1.26 bits per heavy atom. The van der Waals surface area contributed by atoms with Crippen molar-refractivity contribution in [2.45, 2.75) is 83.7 Å². The lowest BCUT2D eigenvalue weighted by Gasteiger charge is -2.31. The maximum Gasteiger partial charge on any atom is 0.326 e. The Kier molecular flexibility index (Phi) is 7.07. The van der Waals surface area contributed by atoms with Gasteiger partial charge in [0.25, 0.3) is 5.91 Å². The van der Waals surface area contributed by atoms with Crippen LogP contribution in [0.5, 0.6) is 5.75 Å². The van der Waals surface area contributed by atoms with Crippen molar-refractivity contribution < 1.29 is 23.8 Å². The van der Waals surface area contributed by atoms with Crippen LogP contribution in [0.2, 0.25) is 0 Å². The third-order valence-corrected chi connectivity index (χ3v) is 7.15. The molecule has 3 rings (SSSR count). The van der Waals surface area contributed by atoms with Crippen LogP contribution < -0.4 is 4.74 Å². The van der Waals surface area contributed by atoms with Crippen LogP contribution >= 0.6 is 0 Å². The van der Waals surface area contributed by atoms with E-state index in [0.717, 1.165) is 37.7 Å². The topological polar surface area (TPSA) is 66.8 Å². The summed E-state index contributed by atoms with van der Waals surface area (Å²) in [6.45, 7) is 10.4. The molecule has 0 bridgehead atoms. The number of likely N-dealkylation sites (tertiary alicyclic amines) is 1. The van der Waals surface area contributed by atoms with Gasteiger partial charge >= 0.3 is 5.97 Å². The van der Waals surface area contributed by atoms with E-state index in [4.69, 9.17) is 4.74 Å². The number of hydrogen-bond donors (Lipinski definition) is 1. The molecule has 2 fully saturated rings. The lowest BCUT2D eigenvalue weighted by molar-refractivity contribution is -0.141. The SMILES string of the molecule is C=CCC(CC)(CC)COc1cc(F)c(C(=O)N2[C@@H](C)CC[C@H]2C(=O)O)cc1C1CC1. The van der Waals surface area contributed by atoms with Crippen LogP contribution in [-0.4, -0.2) is 40.6 Å². The predicted octanol–water partition coefficient (Wildman–Crippen LogP) is 5.54. The summed E-state index contributed by atoms with van der Waals surface area (Å²) in [5.41, 5.74) is 0.744. The number of ether oxygens (including phenoxy) is 1. The van der Waals surface area contributed by atoms with Crippen molar-refractivity contribution in [2.75, 3.05) is 6.61 Å². The molecule has 1 saturated carbocycles. The number of hydrogen-bond acceptors (Lipinski definition) is 3. The Hall–Kier alpha value is -2.37. The minimum atomic E-state index is -1.04. The number of carbonyl (C=O) groups excluding carboxylic acids is 1. The fraction of sp³-hybridized carbons (Fsp3) is 0.600. The van der Waals surface area contributed by atoms with E-state index in [-0.39, 0.29) is 22.9 Å². The number of halogens is 1. The van der Waals surface area contributed by atoms with E-state index >= 15 is 4.39 Å². The average molecular weight is 432 g/mol. The van der Waals surface area contributed by atoms with Gasteiger partial charge in [0.2, 0.25) is 0 Å². The van der Waals surface area contributed by atoms with Gasteiger partial charge < -0.3 is 14.7 Å². The fourth-order valence-electron chi connectivity index (χ4n) is 4.62. The lowest BCUT2D eigenvalue weighted by atomic mass is 9.80. The highest BCUT2D eigenvalue weighted by Gasteiger charge is 2.40. The molecule has 1 aromatic carbocycles. The highest BCUT2D eigenvalue weighted by Crippen LogP contribution is 2.46. The lowest BCUT2D eigenvalue weighted by Crippen LogP contribution is -2.44. The number of rotatable bonds is 10. The fourth-order valence-corrected chi connectivity index (χ4v) is 4.62. The molecule has 0 aromatic heterocycles. The number of benzene rings is 1. The maximum atomic E-state index is 15.1. The number of carboxylic acid groups (broad SMARTS) is 1. The van der Waals surface area contributed by atoms with Crippen molar-refractivity contribution in [3.05, 3.63) is 41.7 Å². The molecule has 0 spiro atoms. The molecule has 2 atom stereocenters. The summed E-state index contributed by atoms with van der Waals surface area (Å²) in [5.74, 6) is -1.50. The Bertz CT molecular complexity index is 844. The van der Waals surface area contributed by atoms with Crippen LogP contribution in [-0.2, 0) is 4.79 Å². The average Bonchev–Trinajstić information content (AvgIpc) is 3.51. The Labute approximate surface area is 184 Å². The standard InChI is InChI=1S/C25H34FNO4/c1-5-12-25(6-2,7-3)15-31-22-14-20(26)19(13-18(22)17-9-10-17)23(28)27-16(4)8-11-21(27)24(29)30/h5,13-14,16-17,21H,1,6-12,15H2,2-4H3,(H,29,30)/t16-,21-/m0/s1. The van der Waals surface area contributed by atoms with Crippen LogP contribution in [0.3, 0.4) is 0 Å². The molecule has 5 nitrogen and oxygen atoms in total. The van der Waals surface area contributed by atoms with Gasteiger partial charge in [-0.05, 0) is 69.4 Å². The van der Waals surface area contributed by atoms with Crippen molar-refractivity contribution in [1.82, 2.24) is 4.90 Å². The molecule has 1 saturated heterocycles. The van der Waals surface area contributed by atoms with Crippen molar-refractivity contribution >= 4 is 11.9 Å². The minimum absolute atomic E-state index is 0.0484. The van der Waals surface area contributed by atoms with E-state index in [9.17, 15) is 14.7 Å². The van der Waals surface area contributed by atoms with Crippen LogP contribution in [0.15, 0.2) is 24.8 Å². The zero-order valence-electron chi connectivity index (χ0n) is 18.8. The Balaban J connectivity index is 1.90. The Morgan fingerprint density at radius 3 is 2.48 bits per heavy atom. The van der Waals surface area contributed by atoms with Crippen LogP contribution in [0.1, 0.15) is 87.6 Å². The second-order valence-corrected chi connectivity index (χ2v) is 9.13. The smallest absolute Gasteiger partial charge is 0.326 e. The van der Waals surface area contributed by atoms with Gasteiger partial charge in [0.05, 0.1) is 12.2 Å². The first-order chi connectivity index (χ1) is 14.8. The molecule has 1 aliphatic heterocycles. The molecular weight excluding hydrogens is 397 g/mol. The van der Waals surface area contributed by atoms with Crippen molar-refractivity contribution in [1.29, 1.82) is 0 Å². The number of nitrogens with zero attached hydrogens (tertiary/aromatic N) is 1. The summed E-state index contributed by atoms with van der Waals surface area (Å²) in [6, 6.07) is 1.78. The molecule has 1 aliphatic carbocycles. The van der Waals surface area contributed by atoms with Gasteiger partial charge in [-0.15, -0.1) is 6.58 Å². The summed E-state index contributed by atoms with van der Waals surface area (Å²) in [6.07, 6.45) is 7.52. The number of allylic oxidation sites excluding steroid dienone is 1. The second-order valence-electron chi connectivity index (χ2n) is 9.13. The van der Waals surface area contributed by atoms with Crippen molar-refractivity contribution in [3.8, 4) is 5.75 Å². The zero-order chi connectivity index (χ0) is 22.8. The van der Waals surface area contributed by atoms with Crippen molar-refractivity contribution in [3.63, 3.8) is 0 Å². The number of carbonyl (C=O) groups is 2. The van der Waals surface area contributed by atoms with Gasteiger partial charge in [-0.25, -0.2) is 9.18 Å². The molecule has 1 heterocycles. The molecule has 1 amide bonds. The first-order valence-electron chi connectivity index (χ1n) is 11.4. The number of amides is 1. The molecule has 0 radical (unpaired) electrons. The zero-order valence-corrected chi connectivity index (χ0v) is 18.8. The van der Waals surface area contributed by atoms with E-state index in [1.807, 2.05) is 13.0 Å². The first kappa shape index (κ1) is 23.3. The Morgan fingerprint density at radius 2 is 1.94 bits per heavy atom. The van der Waals surface area contributed by atoms with Gasteiger partial charge in [-0.3, -0.25) is 4.79 Å². The van der Waals surface area contributed by atoms with Crippen LogP contribution in [0.4, 0.5) is 4.39 Å². The maximum absolute atomic E-state index is 15.1. The third kappa shape index (κ3) is 4.78. The highest BCUT2D eigenvalue weighted by molar-refractivity contribution is 5.98. The number of aliphatic carboxylic acids is 1. The van der Waals surface area contributed by atoms with E-state index in [1.54, 1.807) is 6.07 Å². The van der Waals surface area contributed by atoms with Gasteiger partial charge in [-0.1, -0.05) is 19.9 Å². The molecule has 1 N–H and O–H groups in total. The normalized spacial score (nSPS) is 21.2. The molecular formula is C25H34FNO4. The molecule has 0 unspecified atom stereocenters. The van der Waals surface area contributed by atoms with Gasteiger partial charge in [0.1, 0.15) is 17.6 Å². The minimum Gasteiger partial charge on any atom is -0.493 e. The van der Waals surface area contributed by atoms with E-state index in [2.05, 4.69) is 20.4 Å². The third-order valence-electron chi connectivity index (χ3n) is 7.15. The van der Waals surface area contributed by atoms with E-state index in [0.29, 0.717) is 25.2 Å². The molecule has 6 heteroatoms. The monoisotopic (exact) mass is 431 g/mol. The summed E-state index contributed by atoms with van der Waals surface area (Å²) in [7, 11) is 0. The molecule has 1 aromatic rings. The van der Waals surface area contributed by atoms with Gasteiger partial charge in [0, 0.05) is 17.5 Å². The van der Waals surface area contributed by atoms with Gasteiger partial charge in [-0.2, -0.15) is 0 Å². The highest BCUT2D eigenvalue weighted by atomic mass is 19.1. The van der Waals surface area contributed by atoms with Gasteiger partial charge in [0.15, 0.2) is 0 Å².